The van der Waals surface area contributed by atoms with Gasteiger partial charge in [0.15, 0.2) is 0 Å². The highest BCUT2D eigenvalue weighted by atomic mass is 32.1. The predicted octanol–water partition coefficient (Wildman–Crippen LogP) is -6.15. The number of thiol groups is 1. The molecule has 6 amide bonds. The Kier molecular flexibility index (Phi) is 17.5. The van der Waals surface area contributed by atoms with E-state index in [1.54, 1.807) is 0 Å². The van der Waals surface area contributed by atoms with Crippen molar-refractivity contribution in [1.29, 1.82) is 0 Å². The molecule has 0 bridgehead atoms. The molecule has 21 heteroatoms. The maximum absolute atomic E-state index is 12.7. The smallest absolute Gasteiger partial charge is 0.322 e. The van der Waals surface area contributed by atoms with E-state index in [1.165, 1.54) is 6.92 Å². The maximum atomic E-state index is 12.7. The summed E-state index contributed by atoms with van der Waals surface area (Å²) in [6.07, 6.45) is -2.03. The second kappa shape index (κ2) is 19.6. The van der Waals surface area contributed by atoms with E-state index in [0.29, 0.717) is 0 Å². The fourth-order valence-electron chi connectivity index (χ4n) is 2.98. The van der Waals surface area contributed by atoms with Crippen LogP contribution in [0.3, 0.4) is 0 Å². The minimum Gasteiger partial charge on any atom is -0.481 e. The van der Waals surface area contributed by atoms with E-state index in [4.69, 9.17) is 21.1 Å². The molecule has 0 radical (unpaired) electrons. The summed E-state index contributed by atoms with van der Waals surface area (Å²) in [6.45, 7) is -1.38. The van der Waals surface area contributed by atoms with Crippen LogP contribution in [-0.4, -0.2) is 129 Å². The van der Waals surface area contributed by atoms with Crippen molar-refractivity contribution in [2.24, 2.45) is 5.73 Å². The second-order valence-electron chi connectivity index (χ2n) is 8.82. The van der Waals surface area contributed by atoms with Crippen LogP contribution in [0.25, 0.3) is 0 Å². The molecule has 0 saturated carbocycles. The van der Waals surface area contributed by atoms with Crippen molar-refractivity contribution >= 4 is 66.0 Å². The molecular formula is C22H35N7O13S. The van der Waals surface area contributed by atoms with E-state index < -0.39 is 123 Å². The Morgan fingerprint density at radius 3 is 1.65 bits per heavy atom. The van der Waals surface area contributed by atoms with Crippen LogP contribution < -0.4 is 37.6 Å². The van der Waals surface area contributed by atoms with Gasteiger partial charge in [0, 0.05) is 12.2 Å². The van der Waals surface area contributed by atoms with Gasteiger partial charge in [-0.25, -0.2) is 0 Å². The van der Waals surface area contributed by atoms with Crippen LogP contribution in [0, 0.1) is 0 Å². The Morgan fingerprint density at radius 1 is 0.651 bits per heavy atom. The molecule has 0 aromatic rings. The lowest BCUT2D eigenvalue weighted by Crippen LogP contribution is -2.58. The number of aliphatic carboxylic acids is 3. The Labute approximate surface area is 249 Å². The number of carbonyl (C=O) groups is 9. The average Bonchev–Trinajstić information content (AvgIpc) is 2.92. The molecule has 0 spiro atoms. The highest BCUT2D eigenvalue weighted by Gasteiger charge is 2.30. The summed E-state index contributed by atoms with van der Waals surface area (Å²) in [5.74, 6) is -10.7. The van der Waals surface area contributed by atoms with Gasteiger partial charge in [0.1, 0.15) is 30.7 Å². The quantitative estimate of drug-likeness (QED) is 0.0553. The number of aliphatic hydroxyl groups excluding tert-OH is 1. The number of aliphatic hydroxyl groups is 1. The number of hydrogen-bond donors (Lipinski definition) is 12. The zero-order chi connectivity index (χ0) is 33.3. The molecule has 43 heavy (non-hydrogen) atoms. The number of nitrogens with two attached hydrogens (primary N) is 1. The van der Waals surface area contributed by atoms with Crippen molar-refractivity contribution in [2.75, 3.05) is 25.4 Å². The van der Waals surface area contributed by atoms with Crippen LogP contribution in [0.15, 0.2) is 0 Å². The minimum atomic E-state index is -1.82. The third kappa shape index (κ3) is 15.9. The largest absolute Gasteiger partial charge is 0.481 e. The molecule has 0 rings (SSSR count). The zero-order valence-corrected chi connectivity index (χ0v) is 23.7. The third-order valence-electron chi connectivity index (χ3n) is 5.19. The molecule has 0 aliphatic rings. The van der Waals surface area contributed by atoms with Gasteiger partial charge in [0.05, 0.1) is 25.6 Å². The summed E-state index contributed by atoms with van der Waals surface area (Å²) in [5.41, 5.74) is 5.44. The van der Waals surface area contributed by atoms with Gasteiger partial charge < -0.3 is 58.1 Å². The van der Waals surface area contributed by atoms with Crippen molar-refractivity contribution in [3.63, 3.8) is 0 Å². The first kappa shape index (κ1) is 38.5. The summed E-state index contributed by atoms with van der Waals surface area (Å²) < 4.78 is 0. The maximum Gasteiger partial charge on any atom is 0.322 e. The normalized spacial score (nSPS) is 14.0. The number of carbonyl (C=O) groups excluding carboxylic acids is 6. The second-order valence-corrected chi connectivity index (χ2v) is 9.18. The number of carboxylic acid groups (broad SMARTS) is 3. The summed E-state index contributed by atoms with van der Waals surface area (Å²) in [6, 6.07) is -7.27. The number of amides is 6. The molecule has 12 N–H and O–H groups in total. The van der Waals surface area contributed by atoms with Crippen LogP contribution in [0.5, 0.6) is 0 Å². The highest BCUT2D eigenvalue weighted by Crippen LogP contribution is 2.01. The van der Waals surface area contributed by atoms with Gasteiger partial charge >= 0.3 is 17.9 Å². The van der Waals surface area contributed by atoms with Crippen molar-refractivity contribution < 1.29 is 63.6 Å². The van der Waals surface area contributed by atoms with Gasteiger partial charge in [-0.15, -0.1) is 0 Å². The van der Waals surface area contributed by atoms with Crippen LogP contribution in [0.2, 0.25) is 0 Å². The first-order valence-electron chi connectivity index (χ1n) is 12.4. The van der Waals surface area contributed by atoms with Crippen molar-refractivity contribution in [3.05, 3.63) is 0 Å². The van der Waals surface area contributed by atoms with Crippen LogP contribution in [0.1, 0.15) is 26.2 Å². The van der Waals surface area contributed by atoms with E-state index in [0.717, 1.165) is 0 Å². The first-order valence-corrected chi connectivity index (χ1v) is 13.0. The Morgan fingerprint density at radius 2 is 1.16 bits per heavy atom. The number of rotatable bonds is 20. The summed E-state index contributed by atoms with van der Waals surface area (Å²) in [4.78, 5) is 107. The van der Waals surface area contributed by atoms with Gasteiger partial charge in [0.25, 0.3) is 0 Å². The molecule has 5 atom stereocenters. The molecule has 0 heterocycles. The molecule has 0 saturated heterocycles. The monoisotopic (exact) mass is 637 g/mol. The first-order chi connectivity index (χ1) is 20.0. The van der Waals surface area contributed by atoms with E-state index in [-0.39, 0.29) is 5.75 Å². The van der Waals surface area contributed by atoms with Gasteiger partial charge in [0.2, 0.25) is 35.4 Å². The SMILES string of the molecule is C[C@H](N)C(=O)N[C@@H](CS)C(=O)N[C@@H](CCC(=O)O)C(=O)NCC(=O)N[C@@H](CC(=O)O)C(=O)N[C@@H](CO)C(=O)NCC(=O)O. The lowest BCUT2D eigenvalue weighted by atomic mass is 10.1. The lowest BCUT2D eigenvalue weighted by Gasteiger charge is -2.23. The van der Waals surface area contributed by atoms with Gasteiger partial charge in [-0.05, 0) is 13.3 Å². The summed E-state index contributed by atoms with van der Waals surface area (Å²) in [7, 11) is 0. The Balaban J connectivity index is 5.43. The molecule has 242 valence electrons. The average molecular weight is 638 g/mol. The number of nitrogens with one attached hydrogen (secondary N) is 6. The molecule has 0 aliphatic carbocycles. The standard InChI is InChI=1S/C22H35N7O13S/c1-9(23)18(38)29-13(8-43)22(42)27-10(2-3-15(32)33)19(39)24-5-14(31)26-11(4-16(34)35)21(41)28-12(7-30)20(40)25-6-17(36)37/h9-13,30,43H,2-8,23H2,1H3,(H,24,39)(H,25,40)(H,26,31)(H,27,42)(H,28,41)(H,29,38)(H,32,33)(H,34,35)(H,36,37)/t9-,10-,11-,12-,13-/m0/s1. The van der Waals surface area contributed by atoms with Crippen molar-refractivity contribution in [3.8, 4) is 0 Å². The molecular weight excluding hydrogens is 602 g/mol. The lowest BCUT2D eigenvalue weighted by molar-refractivity contribution is -0.142. The van der Waals surface area contributed by atoms with Crippen LogP contribution >= 0.6 is 12.6 Å². The highest BCUT2D eigenvalue weighted by molar-refractivity contribution is 7.80. The van der Waals surface area contributed by atoms with Crippen LogP contribution in [0.4, 0.5) is 0 Å². The zero-order valence-electron chi connectivity index (χ0n) is 22.8. The summed E-state index contributed by atoms with van der Waals surface area (Å²) >= 11 is 3.96. The Bertz CT molecular complexity index is 1070. The van der Waals surface area contributed by atoms with E-state index >= 15 is 0 Å². The fraction of sp³-hybridized carbons (Fsp3) is 0.591. The van der Waals surface area contributed by atoms with Crippen molar-refractivity contribution in [2.45, 2.75) is 56.4 Å². The number of hydrogen-bond acceptors (Lipinski definition) is 12. The minimum absolute atomic E-state index is 0.217. The predicted molar refractivity (Wildman–Crippen MR) is 145 cm³/mol. The molecule has 0 aliphatic heterocycles. The molecule has 0 aromatic heterocycles. The molecule has 0 fully saturated rings. The van der Waals surface area contributed by atoms with Crippen molar-refractivity contribution in [1.82, 2.24) is 31.9 Å². The van der Waals surface area contributed by atoms with E-state index in [1.807, 2.05) is 16.0 Å². The third-order valence-corrected chi connectivity index (χ3v) is 5.56. The topological polar surface area (TPSA) is 333 Å². The summed E-state index contributed by atoms with van der Waals surface area (Å²) in [5, 5.41) is 48.5. The van der Waals surface area contributed by atoms with Gasteiger partial charge in [-0.2, -0.15) is 12.6 Å². The van der Waals surface area contributed by atoms with E-state index in [2.05, 4.69) is 28.6 Å². The Hall–Kier alpha value is -4.50. The van der Waals surface area contributed by atoms with Gasteiger partial charge in [-0.3, -0.25) is 43.2 Å². The molecule has 20 nitrogen and oxygen atoms in total. The molecule has 0 aromatic carbocycles. The van der Waals surface area contributed by atoms with Gasteiger partial charge in [-0.1, -0.05) is 0 Å². The van der Waals surface area contributed by atoms with Crippen LogP contribution in [-0.2, 0) is 43.2 Å². The number of carboxylic acids is 3. The molecule has 0 unspecified atom stereocenters. The fourth-order valence-corrected chi connectivity index (χ4v) is 3.24. The van der Waals surface area contributed by atoms with E-state index in [9.17, 15) is 48.3 Å².